The minimum Gasteiger partial charge on any atom is -0.323 e. The number of aromatic nitrogens is 3. The number of fused-ring (bicyclic) bond motifs is 1. The monoisotopic (exact) mass is 286 g/mol. The van der Waals surface area contributed by atoms with Gasteiger partial charge in [-0.1, -0.05) is 12.1 Å². The first kappa shape index (κ1) is 12.6. The molecular weight excluding hydrogens is 276 g/mol. The van der Waals surface area contributed by atoms with E-state index in [1.165, 1.54) is 0 Å². The lowest BCUT2D eigenvalue weighted by Crippen LogP contribution is -2.18. The van der Waals surface area contributed by atoms with Gasteiger partial charge in [0.05, 0.1) is 22.9 Å². The molecule has 20 heavy (non-hydrogen) atoms. The average Bonchev–Trinajstić information content (AvgIpc) is 2.76. The molecule has 3 rings (SSSR count). The molecule has 0 fully saturated rings. The lowest BCUT2D eigenvalue weighted by molar-refractivity contribution is -0.116. The van der Waals surface area contributed by atoms with Crippen molar-refractivity contribution in [1.29, 1.82) is 0 Å². The summed E-state index contributed by atoms with van der Waals surface area (Å²) < 4.78 is 1.67. The number of carbonyl (C=O) groups excluding carboxylic acids is 1. The quantitative estimate of drug-likeness (QED) is 0.805. The number of nitrogens with one attached hydrogen (secondary N) is 1. The zero-order chi connectivity index (χ0) is 13.9. The molecular formula is C14H11ClN4O. The summed E-state index contributed by atoms with van der Waals surface area (Å²) in [6, 6.07) is 11.0. The second-order valence-corrected chi connectivity index (χ2v) is 4.58. The van der Waals surface area contributed by atoms with Crippen LogP contribution in [0.3, 0.4) is 0 Å². The van der Waals surface area contributed by atoms with Crippen molar-refractivity contribution in [3.8, 4) is 0 Å². The molecule has 0 aliphatic rings. The normalized spacial score (nSPS) is 10.7. The molecule has 0 saturated heterocycles. The van der Waals surface area contributed by atoms with Crippen LogP contribution in [-0.2, 0) is 11.3 Å². The maximum absolute atomic E-state index is 12.0. The highest BCUT2D eigenvalue weighted by Crippen LogP contribution is 2.19. The molecule has 1 N–H and O–H groups in total. The zero-order valence-electron chi connectivity index (χ0n) is 10.5. The Balaban J connectivity index is 1.83. The van der Waals surface area contributed by atoms with E-state index in [0.717, 1.165) is 11.0 Å². The first-order valence-corrected chi connectivity index (χ1v) is 6.42. The number of halogens is 1. The summed E-state index contributed by atoms with van der Waals surface area (Å²) in [6.45, 7) is 0.105. The third kappa shape index (κ3) is 2.48. The molecule has 0 aliphatic carbocycles. The molecule has 2 aromatic heterocycles. The number of rotatable bonds is 3. The smallest absolute Gasteiger partial charge is 0.244 e. The fourth-order valence-corrected chi connectivity index (χ4v) is 2.22. The number of pyridine rings is 1. The summed E-state index contributed by atoms with van der Waals surface area (Å²) in [5.74, 6) is -0.178. The molecule has 5 nitrogen and oxygen atoms in total. The van der Waals surface area contributed by atoms with Crippen LogP contribution in [-0.4, -0.2) is 20.4 Å². The van der Waals surface area contributed by atoms with E-state index in [4.69, 9.17) is 11.6 Å². The van der Waals surface area contributed by atoms with Gasteiger partial charge in [0, 0.05) is 6.20 Å². The minimum absolute atomic E-state index is 0.105. The Morgan fingerprint density at radius 2 is 2.10 bits per heavy atom. The van der Waals surface area contributed by atoms with Crippen molar-refractivity contribution in [3.05, 3.63) is 54.1 Å². The molecule has 0 aliphatic heterocycles. The van der Waals surface area contributed by atoms with Gasteiger partial charge in [0.25, 0.3) is 0 Å². The summed E-state index contributed by atoms with van der Waals surface area (Å²) >= 11 is 6.07. The lowest BCUT2D eigenvalue weighted by atomic mass is 10.3. The Hall–Kier alpha value is -2.40. The Morgan fingerprint density at radius 1 is 1.25 bits per heavy atom. The molecule has 1 aromatic carbocycles. The van der Waals surface area contributed by atoms with Gasteiger partial charge in [0.2, 0.25) is 11.2 Å². The van der Waals surface area contributed by atoms with Crippen molar-refractivity contribution in [3.63, 3.8) is 0 Å². The van der Waals surface area contributed by atoms with Crippen molar-refractivity contribution in [1.82, 2.24) is 14.5 Å². The first-order chi connectivity index (χ1) is 9.74. The SMILES string of the molecule is O=C(Cn1c(Cl)nc2ccccc21)Nc1cccnc1. The molecule has 100 valence electrons. The van der Waals surface area contributed by atoms with Gasteiger partial charge < -0.3 is 9.88 Å². The third-order valence-electron chi connectivity index (χ3n) is 2.85. The number of carbonyl (C=O) groups is 1. The largest absolute Gasteiger partial charge is 0.323 e. The number of imidazole rings is 1. The number of anilines is 1. The molecule has 0 radical (unpaired) electrons. The Morgan fingerprint density at radius 3 is 2.90 bits per heavy atom. The van der Waals surface area contributed by atoms with E-state index in [-0.39, 0.29) is 12.5 Å². The van der Waals surface area contributed by atoms with E-state index >= 15 is 0 Å². The van der Waals surface area contributed by atoms with Crippen LogP contribution >= 0.6 is 11.6 Å². The molecule has 3 aromatic rings. The predicted molar refractivity (Wildman–Crippen MR) is 77.6 cm³/mol. The fourth-order valence-electron chi connectivity index (χ4n) is 1.98. The molecule has 0 spiro atoms. The summed E-state index contributed by atoms with van der Waals surface area (Å²) in [5.41, 5.74) is 2.25. The Kier molecular flexibility index (Phi) is 3.35. The first-order valence-electron chi connectivity index (χ1n) is 6.05. The molecule has 2 heterocycles. The molecule has 0 unspecified atom stereocenters. The summed E-state index contributed by atoms with van der Waals surface area (Å²) in [5, 5.41) is 3.06. The van der Waals surface area contributed by atoms with Gasteiger partial charge in [-0.25, -0.2) is 4.98 Å². The van der Waals surface area contributed by atoms with Crippen LogP contribution in [0.2, 0.25) is 5.28 Å². The standard InChI is InChI=1S/C14H11ClN4O/c15-14-18-11-5-1-2-6-12(11)19(14)9-13(20)17-10-4-3-7-16-8-10/h1-8H,9H2,(H,17,20). The second-order valence-electron chi connectivity index (χ2n) is 4.25. The van der Waals surface area contributed by atoms with Crippen LogP contribution in [0.5, 0.6) is 0 Å². The molecule has 0 bridgehead atoms. The van der Waals surface area contributed by atoms with Crippen molar-refractivity contribution in [2.24, 2.45) is 0 Å². The third-order valence-corrected chi connectivity index (χ3v) is 3.14. The predicted octanol–water partition coefficient (Wildman–Crippen LogP) is 2.72. The molecule has 0 atom stereocenters. The van der Waals surface area contributed by atoms with Crippen LogP contribution in [0.1, 0.15) is 0 Å². The van der Waals surface area contributed by atoms with Crippen LogP contribution < -0.4 is 5.32 Å². The van der Waals surface area contributed by atoms with Crippen molar-refractivity contribution >= 4 is 34.2 Å². The summed E-state index contributed by atoms with van der Waals surface area (Å²) in [6.07, 6.45) is 3.24. The minimum atomic E-state index is -0.178. The van der Waals surface area contributed by atoms with Crippen molar-refractivity contribution in [2.45, 2.75) is 6.54 Å². The average molecular weight is 287 g/mol. The summed E-state index contributed by atoms with van der Waals surface area (Å²) in [7, 11) is 0. The van der Waals surface area contributed by atoms with Gasteiger partial charge in [-0.2, -0.15) is 0 Å². The van der Waals surface area contributed by atoms with E-state index in [0.29, 0.717) is 11.0 Å². The Bertz CT molecular complexity index is 754. The van der Waals surface area contributed by atoms with Crippen LogP contribution in [0.15, 0.2) is 48.8 Å². The highest BCUT2D eigenvalue weighted by Gasteiger charge is 2.11. The maximum atomic E-state index is 12.0. The van der Waals surface area contributed by atoms with E-state index < -0.39 is 0 Å². The van der Waals surface area contributed by atoms with E-state index in [1.807, 2.05) is 24.3 Å². The van der Waals surface area contributed by atoms with E-state index in [1.54, 1.807) is 29.1 Å². The van der Waals surface area contributed by atoms with Crippen molar-refractivity contribution < 1.29 is 4.79 Å². The fraction of sp³-hybridized carbons (Fsp3) is 0.0714. The van der Waals surface area contributed by atoms with Gasteiger partial charge >= 0.3 is 0 Å². The maximum Gasteiger partial charge on any atom is 0.244 e. The van der Waals surface area contributed by atoms with Crippen molar-refractivity contribution in [2.75, 3.05) is 5.32 Å². The number of nitrogens with zero attached hydrogens (tertiary/aromatic N) is 3. The zero-order valence-corrected chi connectivity index (χ0v) is 11.2. The lowest BCUT2D eigenvalue weighted by Gasteiger charge is -2.07. The number of para-hydroxylation sites is 2. The van der Waals surface area contributed by atoms with Crippen LogP contribution in [0, 0.1) is 0 Å². The van der Waals surface area contributed by atoms with Gasteiger partial charge in [-0.15, -0.1) is 0 Å². The number of hydrogen-bond acceptors (Lipinski definition) is 3. The number of hydrogen-bond donors (Lipinski definition) is 1. The van der Waals surface area contributed by atoms with Gasteiger partial charge in [-0.05, 0) is 35.9 Å². The molecule has 6 heteroatoms. The summed E-state index contributed by atoms with van der Waals surface area (Å²) in [4.78, 5) is 20.2. The van der Waals surface area contributed by atoms with E-state index in [9.17, 15) is 4.79 Å². The second kappa shape index (κ2) is 5.30. The Labute approximate surface area is 120 Å². The molecule has 0 saturated carbocycles. The van der Waals surface area contributed by atoms with Crippen LogP contribution in [0.4, 0.5) is 5.69 Å². The van der Waals surface area contributed by atoms with Gasteiger partial charge in [0.1, 0.15) is 6.54 Å². The highest BCUT2D eigenvalue weighted by molar-refractivity contribution is 6.29. The van der Waals surface area contributed by atoms with E-state index in [2.05, 4.69) is 15.3 Å². The number of amides is 1. The van der Waals surface area contributed by atoms with Gasteiger partial charge in [0.15, 0.2) is 0 Å². The molecule has 1 amide bonds. The topological polar surface area (TPSA) is 59.8 Å². The van der Waals surface area contributed by atoms with Gasteiger partial charge in [-0.3, -0.25) is 9.78 Å². The number of benzene rings is 1. The van der Waals surface area contributed by atoms with Crippen LogP contribution in [0.25, 0.3) is 11.0 Å². The highest BCUT2D eigenvalue weighted by atomic mass is 35.5.